The van der Waals surface area contributed by atoms with E-state index in [1.54, 1.807) is 6.92 Å². The van der Waals surface area contributed by atoms with Crippen LogP contribution in [0.1, 0.15) is 26.7 Å². The van der Waals surface area contributed by atoms with Gasteiger partial charge in [0.05, 0.1) is 6.61 Å². The van der Waals surface area contributed by atoms with E-state index in [1.807, 2.05) is 0 Å². The summed E-state index contributed by atoms with van der Waals surface area (Å²) >= 11 is 4.69. The molecule has 0 rings (SSSR count). The van der Waals surface area contributed by atoms with Crippen LogP contribution in [0.3, 0.4) is 0 Å². The first kappa shape index (κ1) is 7.89. The van der Waals surface area contributed by atoms with E-state index in [-0.39, 0.29) is 0 Å². The average Bonchev–Trinajstić information content (AvgIpc) is 1.66. The maximum Gasteiger partial charge on any atom is 0.156 e. The van der Waals surface area contributed by atoms with Gasteiger partial charge in [0.2, 0.25) is 0 Å². The second-order valence-corrected chi connectivity index (χ2v) is 2.27. The Morgan fingerprint density at radius 2 is 2.25 bits per heavy atom. The second kappa shape index (κ2) is 5.04. The van der Waals surface area contributed by atoms with Gasteiger partial charge in [-0.3, -0.25) is 0 Å². The van der Waals surface area contributed by atoms with E-state index >= 15 is 0 Å². The quantitative estimate of drug-likeness (QED) is 0.430. The number of thiocarbonyl (C=S) groups is 1. The predicted octanol–water partition coefficient (Wildman–Crippen LogP) is 2.15. The molecule has 0 fully saturated rings. The van der Waals surface area contributed by atoms with Gasteiger partial charge >= 0.3 is 0 Å². The van der Waals surface area contributed by atoms with Crippen LogP contribution in [-0.2, 0) is 4.74 Å². The molecule has 0 aromatic rings. The first-order chi connectivity index (χ1) is 3.77. The first-order valence-electron chi connectivity index (χ1n) is 2.90. The third-order valence-corrected chi connectivity index (χ3v) is 0.921. The van der Waals surface area contributed by atoms with Gasteiger partial charge in [-0.2, -0.15) is 0 Å². The fraction of sp³-hybridized carbons (Fsp3) is 0.833. The molecule has 0 spiro atoms. The van der Waals surface area contributed by atoms with Crippen LogP contribution < -0.4 is 0 Å². The van der Waals surface area contributed by atoms with Crippen LogP contribution >= 0.6 is 12.2 Å². The maximum absolute atomic E-state index is 5.01. The number of ether oxygens (including phenoxy) is 1. The van der Waals surface area contributed by atoms with Gasteiger partial charge in [-0.05, 0) is 18.6 Å². The lowest BCUT2D eigenvalue weighted by molar-refractivity contribution is 0.302. The molecule has 0 N–H and O–H groups in total. The van der Waals surface area contributed by atoms with E-state index in [2.05, 4.69) is 19.1 Å². The SMILES string of the molecule is CCCCOC(C)=S. The predicted molar refractivity (Wildman–Crippen MR) is 39.1 cm³/mol. The molecule has 0 saturated carbocycles. The van der Waals surface area contributed by atoms with Crippen molar-refractivity contribution in [1.82, 2.24) is 0 Å². The van der Waals surface area contributed by atoms with E-state index in [9.17, 15) is 0 Å². The molecule has 0 bridgehead atoms. The van der Waals surface area contributed by atoms with Gasteiger partial charge in [-0.25, -0.2) is 0 Å². The summed E-state index contributed by atoms with van der Waals surface area (Å²) in [7, 11) is 0. The zero-order valence-corrected chi connectivity index (χ0v) is 6.25. The van der Waals surface area contributed by atoms with Crippen LogP contribution in [0.4, 0.5) is 0 Å². The molecular weight excluding hydrogens is 120 g/mol. The molecule has 2 heteroatoms. The molecule has 0 aliphatic carbocycles. The van der Waals surface area contributed by atoms with Crippen molar-refractivity contribution < 1.29 is 4.74 Å². The molecule has 0 aliphatic heterocycles. The van der Waals surface area contributed by atoms with Crippen molar-refractivity contribution in [3.05, 3.63) is 0 Å². The van der Waals surface area contributed by atoms with E-state index in [4.69, 9.17) is 4.74 Å². The zero-order valence-electron chi connectivity index (χ0n) is 5.44. The van der Waals surface area contributed by atoms with Crippen molar-refractivity contribution in [2.45, 2.75) is 26.7 Å². The van der Waals surface area contributed by atoms with Crippen LogP contribution in [0, 0.1) is 0 Å². The highest BCUT2D eigenvalue weighted by atomic mass is 32.1. The average molecular weight is 132 g/mol. The molecule has 0 aromatic heterocycles. The number of hydrogen-bond donors (Lipinski definition) is 0. The van der Waals surface area contributed by atoms with Gasteiger partial charge < -0.3 is 4.74 Å². The third-order valence-electron chi connectivity index (χ3n) is 0.803. The minimum Gasteiger partial charge on any atom is -0.487 e. The summed E-state index contributed by atoms with van der Waals surface area (Å²) < 4.78 is 5.01. The molecule has 0 atom stereocenters. The van der Waals surface area contributed by atoms with Crippen molar-refractivity contribution in [3.8, 4) is 0 Å². The molecule has 0 unspecified atom stereocenters. The highest BCUT2D eigenvalue weighted by Gasteiger charge is 1.84. The lowest BCUT2D eigenvalue weighted by atomic mass is 10.4. The summed E-state index contributed by atoms with van der Waals surface area (Å²) in [5, 5.41) is 0.651. The lowest BCUT2D eigenvalue weighted by Crippen LogP contribution is -1.96. The lowest BCUT2D eigenvalue weighted by Gasteiger charge is -1.99. The van der Waals surface area contributed by atoms with Crippen molar-refractivity contribution in [2.24, 2.45) is 0 Å². The Balaban J connectivity index is 2.82. The van der Waals surface area contributed by atoms with Crippen molar-refractivity contribution in [1.29, 1.82) is 0 Å². The van der Waals surface area contributed by atoms with Crippen molar-refractivity contribution in [2.75, 3.05) is 6.61 Å². The minimum atomic E-state index is 0.651. The highest BCUT2D eigenvalue weighted by Crippen LogP contribution is 1.88. The highest BCUT2D eigenvalue weighted by molar-refractivity contribution is 7.80. The summed E-state index contributed by atoms with van der Waals surface area (Å²) in [5.41, 5.74) is 0. The molecule has 0 heterocycles. The zero-order chi connectivity index (χ0) is 6.41. The van der Waals surface area contributed by atoms with Crippen molar-refractivity contribution in [3.63, 3.8) is 0 Å². The summed E-state index contributed by atoms with van der Waals surface area (Å²) in [6, 6.07) is 0. The topological polar surface area (TPSA) is 9.23 Å². The van der Waals surface area contributed by atoms with Crippen molar-refractivity contribution >= 4 is 17.3 Å². The molecule has 1 nitrogen and oxygen atoms in total. The van der Waals surface area contributed by atoms with Crippen LogP contribution in [0.2, 0.25) is 0 Å². The molecule has 0 amide bonds. The Morgan fingerprint density at radius 3 is 2.62 bits per heavy atom. The Labute approximate surface area is 56.0 Å². The van der Waals surface area contributed by atoms with Gasteiger partial charge in [0.15, 0.2) is 5.05 Å². The first-order valence-corrected chi connectivity index (χ1v) is 3.31. The largest absolute Gasteiger partial charge is 0.487 e. The van der Waals surface area contributed by atoms with Gasteiger partial charge in [0, 0.05) is 6.92 Å². The summed E-state index contributed by atoms with van der Waals surface area (Å²) in [5.74, 6) is 0. The Hall–Kier alpha value is -0.110. The second-order valence-electron chi connectivity index (χ2n) is 1.69. The number of unbranched alkanes of at least 4 members (excludes halogenated alkanes) is 1. The Kier molecular flexibility index (Phi) is 4.97. The number of rotatable bonds is 3. The molecule has 8 heavy (non-hydrogen) atoms. The molecule has 0 radical (unpaired) electrons. The third kappa shape index (κ3) is 5.89. The number of hydrogen-bond acceptors (Lipinski definition) is 2. The monoisotopic (exact) mass is 132 g/mol. The van der Waals surface area contributed by atoms with Crippen LogP contribution in [0.5, 0.6) is 0 Å². The summed E-state index contributed by atoms with van der Waals surface area (Å²) in [6.07, 6.45) is 2.27. The van der Waals surface area contributed by atoms with Gasteiger partial charge in [-0.1, -0.05) is 13.3 Å². The van der Waals surface area contributed by atoms with E-state index in [0.29, 0.717) is 5.05 Å². The molecule has 0 saturated heterocycles. The fourth-order valence-corrected chi connectivity index (χ4v) is 0.444. The van der Waals surface area contributed by atoms with Crippen LogP contribution in [0.15, 0.2) is 0 Å². The van der Waals surface area contributed by atoms with E-state index in [1.165, 1.54) is 6.42 Å². The Bertz CT molecular complexity index is 70.9. The fourth-order valence-electron chi connectivity index (χ4n) is 0.360. The van der Waals surface area contributed by atoms with Crippen LogP contribution in [-0.4, -0.2) is 11.7 Å². The summed E-state index contributed by atoms with van der Waals surface area (Å²) in [6.45, 7) is 4.71. The van der Waals surface area contributed by atoms with Crippen LogP contribution in [0.25, 0.3) is 0 Å². The van der Waals surface area contributed by atoms with E-state index < -0.39 is 0 Å². The van der Waals surface area contributed by atoms with Gasteiger partial charge in [-0.15, -0.1) is 0 Å². The smallest absolute Gasteiger partial charge is 0.156 e. The minimum absolute atomic E-state index is 0.651. The molecule has 48 valence electrons. The summed E-state index contributed by atoms with van der Waals surface area (Å²) in [4.78, 5) is 0. The molecule has 0 aromatic carbocycles. The molecule has 0 aliphatic rings. The van der Waals surface area contributed by atoms with Gasteiger partial charge in [0.1, 0.15) is 0 Å². The normalized spacial score (nSPS) is 8.75. The maximum atomic E-state index is 5.01. The van der Waals surface area contributed by atoms with E-state index in [0.717, 1.165) is 13.0 Å². The van der Waals surface area contributed by atoms with Gasteiger partial charge in [0.25, 0.3) is 0 Å². The molecular formula is C6H12OS. The Morgan fingerprint density at radius 1 is 1.62 bits per heavy atom. The standard InChI is InChI=1S/C6H12OS/c1-3-4-5-7-6(2)8/h3-5H2,1-2H3.